The summed E-state index contributed by atoms with van der Waals surface area (Å²) in [4.78, 5) is 28.8. The predicted molar refractivity (Wildman–Crippen MR) is 104 cm³/mol. The first-order valence-corrected chi connectivity index (χ1v) is 8.76. The molecule has 0 aliphatic rings. The number of carbonyl (C=O) groups excluding carboxylic acids is 2. The lowest BCUT2D eigenvalue weighted by atomic mass is 10.1. The first kappa shape index (κ1) is 17.8. The maximum atomic E-state index is 12.3. The van der Waals surface area contributed by atoms with Crippen molar-refractivity contribution in [3.63, 3.8) is 0 Å². The Hall–Kier alpha value is -2.99. The number of nitrogens with one attached hydrogen (secondary N) is 2. The molecule has 3 rings (SSSR count). The molecule has 130 valence electrons. The van der Waals surface area contributed by atoms with E-state index < -0.39 is 0 Å². The molecule has 2 N–H and O–H groups in total. The van der Waals surface area contributed by atoms with Crippen LogP contribution >= 0.6 is 15.9 Å². The van der Waals surface area contributed by atoms with Crippen molar-refractivity contribution < 1.29 is 9.59 Å². The smallest absolute Gasteiger partial charge is 0.255 e. The third-order valence-corrected chi connectivity index (χ3v) is 4.12. The fourth-order valence-electron chi connectivity index (χ4n) is 2.35. The van der Waals surface area contributed by atoms with E-state index in [0.29, 0.717) is 23.4 Å². The van der Waals surface area contributed by atoms with Crippen LogP contribution in [-0.2, 0) is 6.54 Å². The quantitative estimate of drug-likeness (QED) is 0.668. The van der Waals surface area contributed by atoms with Crippen LogP contribution in [0.25, 0.3) is 0 Å². The van der Waals surface area contributed by atoms with Gasteiger partial charge >= 0.3 is 0 Å². The van der Waals surface area contributed by atoms with Crippen LogP contribution in [0.4, 0.5) is 5.69 Å². The molecule has 0 radical (unpaired) electrons. The van der Waals surface area contributed by atoms with E-state index in [1.165, 1.54) is 0 Å². The summed E-state index contributed by atoms with van der Waals surface area (Å²) in [5.41, 5.74) is 2.33. The number of amides is 2. The molecule has 0 unspecified atom stereocenters. The molecule has 26 heavy (non-hydrogen) atoms. The van der Waals surface area contributed by atoms with Gasteiger partial charge in [0.15, 0.2) is 0 Å². The number of benzene rings is 2. The molecule has 2 amide bonds. The predicted octanol–water partition coefficient (Wildman–Crippen LogP) is 4.03. The number of hydrogen-bond donors (Lipinski definition) is 2. The van der Waals surface area contributed by atoms with E-state index in [1.807, 2.05) is 24.3 Å². The van der Waals surface area contributed by atoms with Gasteiger partial charge in [0.25, 0.3) is 11.8 Å². The van der Waals surface area contributed by atoms with E-state index in [0.717, 1.165) is 10.2 Å². The Morgan fingerprint density at radius 2 is 1.65 bits per heavy atom. The number of aromatic nitrogens is 1. The SMILES string of the molecule is O=C(NCc1ccccn1)c1cccc(NC(=O)c2cccc(Br)c2)c1. The van der Waals surface area contributed by atoms with Crippen LogP contribution in [0.1, 0.15) is 26.4 Å². The summed E-state index contributed by atoms with van der Waals surface area (Å²) in [6.45, 7) is 0.342. The van der Waals surface area contributed by atoms with Gasteiger partial charge in [-0.1, -0.05) is 34.1 Å². The van der Waals surface area contributed by atoms with E-state index in [-0.39, 0.29) is 11.8 Å². The second kappa shape index (κ2) is 8.40. The van der Waals surface area contributed by atoms with Crippen LogP contribution in [0.2, 0.25) is 0 Å². The number of anilines is 1. The largest absolute Gasteiger partial charge is 0.346 e. The minimum absolute atomic E-state index is 0.228. The van der Waals surface area contributed by atoms with E-state index >= 15 is 0 Å². The zero-order valence-corrected chi connectivity index (χ0v) is 15.4. The van der Waals surface area contributed by atoms with Gasteiger partial charge < -0.3 is 10.6 Å². The molecule has 6 heteroatoms. The van der Waals surface area contributed by atoms with Crippen LogP contribution in [0, 0.1) is 0 Å². The molecule has 0 atom stereocenters. The Morgan fingerprint density at radius 3 is 2.38 bits per heavy atom. The van der Waals surface area contributed by atoms with Crippen LogP contribution in [0.15, 0.2) is 77.4 Å². The fourth-order valence-corrected chi connectivity index (χ4v) is 2.75. The van der Waals surface area contributed by atoms with Gasteiger partial charge in [-0.25, -0.2) is 0 Å². The summed E-state index contributed by atoms with van der Waals surface area (Å²) in [6, 6.07) is 19.4. The van der Waals surface area contributed by atoms with Gasteiger partial charge in [0.05, 0.1) is 12.2 Å². The zero-order valence-electron chi connectivity index (χ0n) is 13.8. The Bertz CT molecular complexity index is 929. The van der Waals surface area contributed by atoms with Gasteiger partial charge in [-0.05, 0) is 48.5 Å². The highest BCUT2D eigenvalue weighted by atomic mass is 79.9. The highest BCUT2D eigenvalue weighted by Crippen LogP contribution is 2.15. The van der Waals surface area contributed by atoms with E-state index in [4.69, 9.17) is 0 Å². The maximum Gasteiger partial charge on any atom is 0.255 e. The summed E-state index contributed by atoms with van der Waals surface area (Å²) in [7, 11) is 0. The third-order valence-electron chi connectivity index (χ3n) is 3.63. The van der Waals surface area contributed by atoms with Crippen LogP contribution < -0.4 is 10.6 Å². The summed E-state index contributed by atoms with van der Waals surface area (Å²) < 4.78 is 0.827. The Labute approximate surface area is 159 Å². The van der Waals surface area contributed by atoms with E-state index in [1.54, 1.807) is 48.7 Å². The molecular weight excluding hydrogens is 394 g/mol. The minimum Gasteiger partial charge on any atom is -0.346 e. The van der Waals surface area contributed by atoms with E-state index in [2.05, 4.69) is 31.5 Å². The average Bonchev–Trinajstić information content (AvgIpc) is 2.67. The molecule has 0 fully saturated rings. The van der Waals surface area contributed by atoms with Crippen LogP contribution in [0.5, 0.6) is 0 Å². The highest BCUT2D eigenvalue weighted by Gasteiger charge is 2.10. The van der Waals surface area contributed by atoms with Gasteiger partial charge in [0.2, 0.25) is 0 Å². The Balaban J connectivity index is 1.65. The normalized spacial score (nSPS) is 10.2. The molecule has 2 aromatic carbocycles. The third kappa shape index (κ3) is 4.77. The molecule has 0 bridgehead atoms. The van der Waals surface area contributed by atoms with Gasteiger partial charge in [0.1, 0.15) is 0 Å². The van der Waals surface area contributed by atoms with Crippen molar-refractivity contribution >= 4 is 33.4 Å². The number of carbonyl (C=O) groups is 2. The Morgan fingerprint density at radius 1 is 0.885 bits per heavy atom. The van der Waals surface area contributed by atoms with Gasteiger partial charge in [-0.2, -0.15) is 0 Å². The lowest BCUT2D eigenvalue weighted by molar-refractivity contribution is 0.0949. The van der Waals surface area contributed by atoms with Crippen molar-refractivity contribution in [1.29, 1.82) is 0 Å². The fraction of sp³-hybridized carbons (Fsp3) is 0.0500. The average molecular weight is 410 g/mol. The Kier molecular flexibility index (Phi) is 5.76. The first-order chi connectivity index (χ1) is 12.6. The molecule has 1 heterocycles. The van der Waals surface area contributed by atoms with Crippen molar-refractivity contribution in [3.8, 4) is 0 Å². The molecule has 3 aromatic rings. The number of pyridine rings is 1. The van der Waals surface area contributed by atoms with E-state index in [9.17, 15) is 9.59 Å². The van der Waals surface area contributed by atoms with Crippen molar-refractivity contribution in [2.75, 3.05) is 5.32 Å². The molecule has 0 saturated carbocycles. The van der Waals surface area contributed by atoms with Gasteiger partial charge in [-0.3, -0.25) is 14.6 Å². The molecule has 5 nitrogen and oxygen atoms in total. The number of hydrogen-bond acceptors (Lipinski definition) is 3. The van der Waals surface area contributed by atoms with Crippen LogP contribution in [0.3, 0.4) is 0 Å². The topological polar surface area (TPSA) is 71.1 Å². The summed E-state index contributed by atoms with van der Waals surface area (Å²) >= 11 is 3.34. The number of rotatable bonds is 5. The molecular formula is C20H16BrN3O2. The standard InChI is InChI=1S/C20H16BrN3O2/c21-16-7-3-5-14(11-16)20(26)24-17-9-4-6-15(12-17)19(25)23-13-18-8-1-2-10-22-18/h1-12H,13H2,(H,23,25)(H,24,26). The second-order valence-electron chi connectivity index (χ2n) is 5.55. The number of nitrogens with zero attached hydrogens (tertiary/aromatic N) is 1. The van der Waals surface area contributed by atoms with Gasteiger partial charge in [0, 0.05) is 27.5 Å². The molecule has 0 saturated heterocycles. The highest BCUT2D eigenvalue weighted by molar-refractivity contribution is 9.10. The van der Waals surface area contributed by atoms with Gasteiger partial charge in [-0.15, -0.1) is 0 Å². The van der Waals surface area contributed by atoms with Crippen LogP contribution in [-0.4, -0.2) is 16.8 Å². The maximum absolute atomic E-state index is 12.3. The van der Waals surface area contributed by atoms with Crippen molar-refractivity contribution in [2.24, 2.45) is 0 Å². The van der Waals surface area contributed by atoms with Crippen molar-refractivity contribution in [3.05, 3.63) is 94.2 Å². The lowest BCUT2D eigenvalue weighted by Gasteiger charge is -2.08. The molecule has 1 aromatic heterocycles. The molecule has 0 spiro atoms. The zero-order chi connectivity index (χ0) is 18.4. The van der Waals surface area contributed by atoms with Crippen molar-refractivity contribution in [2.45, 2.75) is 6.54 Å². The van der Waals surface area contributed by atoms with Crippen molar-refractivity contribution in [1.82, 2.24) is 10.3 Å². The summed E-state index contributed by atoms with van der Waals surface area (Å²) in [5, 5.41) is 5.62. The lowest BCUT2D eigenvalue weighted by Crippen LogP contribution is -2.23. The monoisotopic (exact) mass is 409 g/mol. The minimum atomic E-state index is -0.239. The second-order valence-corrected chi connectivity index (χ2v) is 6.46. The molecule has 0 aliphatic heterocycles. The first-order valence-electron chi connectivity index (χ1n) is 7.97. The summed E-state index contributed by atoms with van der Waals surface area (Å²) in [6.07, 6.45) is 1.68. The summed E-state index contributed by atoms with van der Waals surface area (Å²) in [5.74, 6) is -0.466. The number of halogens is 1. The molecule has 0 aliphatic carbocycles.